The average molecular weight is 766 g/mol. The standard InChI is InChI=1S/C30H21Br2Cl2N3O7/c31-26-19-12-20(27(26)32)25-24(19)29(40)36(30(25)41)35(28(39)15-3-10-21(33)22(34)11-15)13-23(38)14-1-6-17(7-2-14)44-18-8-4-16(5-9-18)37(42)43/h1-11,19-20,24-27H,12-13H2/t19-,20-,24-,25-,26+,27+/m1/s1. The summed E-state index contributed by atoms with van der Waals surface area (Å²) in [5.74, 6) is -2.95. The number of ether oxygens (including phenoxy) is 1. The number of Topliss-reactive ketones (excluding diaryl/α,β-unsaturated/α-hetero) is 1. The molecule has 226 valence electrons. The highest BCUT2D eigenvalue weighted by molar-refractivity contribution is 9.12. The number of non-ortho nitro benzene ring substituents is 1. The zero-order valence-corrected chi connectivity index (χ0v) is 27.1. The monoisotopic (exact) mass is 763 g/mol. The fourth-order valence-electron chi connectivity index (χ4n) is 6.29. The second kappa shape index (κ2) is 11.9. The third kappa shape index (κ3) is 5.31. The Morgan fingerprint density at radius 1 is 0.864 bits per heavy atom. The first-order valence-corrected chi connectivity index (χ1v) is 16.0. The Balaban J connectivity index is 1.26. The van der Waals surface area contributed by atoms with E-state index in [2.05, 4.69) is 31.9 Å². The lowest BCUT2D eigenvalue weighted by Crippen LogP contribution is -2.52. The van der Waals surface area contributed by atoms with E-state index in [1.165, 1.54) is 66.7 Å². The first-order chi connectivity index (χ1) is 21.0. The molecule has 44 heavy (non-hydrogen) atoms. The van der Waals surface area contributed by atoms with Crippen LogP contribution < -0.4 is 4.74 Å². The maximum absolute atomic E-state index is 13.8. The van der Waals surface area contributed by atoms with Crippen LogP contribution in [0.3, 0.4) is 0 Å². The normalized spacial score (nSPS) is 25.2. The van der Waals surface area contributed by atoms with Gasteiger partial charge in [0, 0.05) is 32.9 Å². The van der Waals surface area contributed by atoms with Gasteiger partial charge in [-0.2, -0.15) is 5.01 Å². The number of halogens is 4. The molecule has 6 atom stereocenters. The van der Waals surface area contributed by atoms with Crippen LogP contribution in [-0.2, 0) is 9.59 Å². The smallest absolute Gasteiger partial charge is 0.273 e. The van der Waals surface area contributed by atoms with Crippen molar-refractivity contribution in [3.63, 3.8) is 0 Å². The lowest BCUT2D eigenvalue weighted by molar-refractivity contribution is -0.384. The van der Waals surface area contributed by atoms with E-state index in [4.69, 9.17) is 27.9 Å². The topological polar surface area (TPSA) is 127 Å². The van der Waals surface area contributed by atoms with Crippen LogP contribution in [-0.4, -0.2) is 54.6 Å². The van der Waals surface area contributed by atoms with Crippen LogP contribution in [0.5, 0.6) is 11.5 Å². The second-order valence-corrected chi connectivity index (χ2v) is 13.7. The highest BCUT2D eigenvalue weighted by atomic mass is 79.9. The number of nitro groups is 1. The van der Waals surface area contributed by atoms with Crippen LogP contribution in [0.1, 0.15) is 27.1 Å². The van der Waals surface area contributed by atoms with Gasteiger partial charge in [0.2, 0.25) is 0 Å². The van der Waals surface area contributed by atoms with Crippen molar-refractivity contribution in [3.8, 4) is 11.5 Å². The van der Waals surface area contributed by atoms with E-state index < -0.39 is 46.8 Å². The molecule has 0 radical (unpaired) electrons. The highest BCUT2D eigenvalue weighted by Gasteiger charge is 2.67. The molecule has 6 rings (SSSR count). The molecule has 10 nitrogen and oxygen atoms in total. The predicted octanol–water partition coefficient (Wildman–Crippen LogP) is 6.71. The van der Waals surface area contributed by atoms with Crippen LogP contribution >= 0.6 is 55.1 Å². The minimum Gasteiger partial charge on any atom is -0.457 e. The van der Waals surface area contributed by atoms with Gasteiger partial charge in [-0.25, -0.2) is 5.01 Å². The number of benzene rings is 3. The number of amides is 3. The molecule has 2 saturated carbocycles. The number of hydrogen-bond acceptors (Lipinski definition) is 7. The summed E-state index contributed by atoms with van der Waals surface area (Å²) in [5.41, 5.74) is 0.174. The Labute approximate surface area is 277 Å². The van der Waals surface area contributed by atoms with Gasteiger partial charge in [0.15, 0.2) is 5.78 Å². The molecule has 3 amide bonds. The summed E-state index contributed by atoms with van der Waals surface area (Å²) >= 11 is 19.5. The first kappa shape index (κ1) is 30.7. The molecular weight excluding hydrogens is 745 g/mol. The number of rotatable bonds is 8. The second-order valence-electron chi connectivity index (χ2n) is 10.8. The van der Waals surface area contributed by atoms with Crippen molar-refractivity contribution in [2.24, 2.45) is 23.7 Å². The summed E-state index contributed by atoms with van der Waals surface area (Å²) in [5, 5.41) is 12.9. The number of nitro benzene ring substituents is 1. The SMILES string of the molecule is O=C(CN(C(=O)c1ccc(Cl)c(Cl)c1)N1C(=O)[C@@H]2[C@H]3C[C@@H]([C@H](Br)[C@H]3Br)[C@H]2C1=O)c1ccc(Oc2ccc([N+](=O)[O-])cc2)cc1. The molecule has 3 aliphatic rings. The summed E-state index contributed by atoms with van der Waals surface area (Å²) in [6.07, 6.45) is 0.709. The molecule has 0 spiro atoms. The van der Waals surface area contributed by atoms with E-state index in [-0.39, 0.29) is 48.3 Å². The zero-order chi connectivity index (χ0) is 31.4. The fourth-order valence-corrected chi connectivity index (χ4v) is 8.46. The van der Waals surface area contributed by atoms with Gasteiger partial charge in [-0.05, 0) is 72.9 Å². The molecule has 14 heteroatoms. The minimum atomic E-state index is -0.755. The summed E-state index contributed by atoms with van der Waals surface area (Å²) in [6.45, 7) is -0.594. The molecule has 3 fully saturated rings. The van der Waals surface area contributed by atoms with Crippen LogP contribution in [0.2, 0.25) is 10.0 Å². The molecule has 1 aliphatic heterocycles. The Morgan fingerprint density at radius 2 is 1.39 bits per heavy atom. The van der Waals surface area contributed by atoms with Gasteiger partial charge in [-0.3, -0.25) is 29.3 Å². The van der Waals surface area contributed by atoms with Gasteiger partial charge >= 0.3 is 0 Å². The van der Waals surface area contributed by atoms with Gasteiger partial charge in [0.1, 0.15) is 18.0 Å². The van der Waals surface area contributed by atoms with Crippen molar-refractivity contribution in [3.05, 3.63) is 98.0 Å². The molecule has 1 saturated heterocycles. The number of alkyl halides is 2. The number of hydrazine groups is 1. The Morgan fingerprint density at radius 3 is 1.91 bits per heavy atom. The van der Waals surface area contributed by atoms with Crippen molar-refractivity contribution in [1.29, 1.82) is 0 Å². The van der Waals surface area contributed by atoms with Gasteiger partial charge in [0.05, 0.1) is 26.8 Å². The molecule has 0 N–H and O–H groups in total. The van der Waals surface area contributed by atoms with Crippen LogP contribution in [0.25, 0.3) is 0 Å². The number of nitrogens with zero attached hydrogens (tertiary/aromatic N) is 3. The molecular formula is C30H21Br2Cl2N3O7. The van der Waals surface area contributed by atoms with Crippen LogP contribution in [0.15, 0.2) is 66.7 Å². The third-order valence-corrected chi connectivity index (χ3v) is 12.3. The van der Waals surface area contributed by atoms with Crippen molar-refractivity contribution in [1.82, 2.24) is 10.0 Å². The number of carbonyl (C=O) groups is 4. The maximum Gasteiger partial charge on any atom is 0.273 e. The van der Waals surface area contributed by atoms with Gasteiger partial charge in [0.25, 0.3) is 23.4 Å². The Bertz CT molecular complexity index is 1670. The molecule has 3 aromatic carbocycles. The summed E-state index contributed by atoms with van der Waals surface area (Å²) < 4.78 is 5.71. The molecule has 2 bridgehead atoms. The molecule has 1 heterocycles. The maximum atomic E-state index is 13.8. The van der Waals surface area contributed by atoms with Gasteiger partial charge < -0.3 is 4.74 Å². The van der Waals surface area contributed by atoms with E-state index >= 15 is 0 Å². The van der Waals surface area contributed by atoms with E-state index in [0.29, 0.717) is 17.9 Å². The van der Waals surface area contributed by atoms with Crippen molar-refractivity contribution in [2.45, 2.75) is 16.1 Å². The van der Waals surface area contributed by atoms with Crippen LogP contribution in [0, 0.1) is 33.8 Å². The number of ketones is 1. The molecule has 3 aromatic rings. The third-order valence-electron chi connectivity index (χ3n) is 8.36. The van der Waals surface area contributed by atoms with Gasteiger partial charge in [-0.1, -0.05) is 55.1 Å². The largest absolute Gasteiger partial charge is 0.457 e. The van der Waals surface area contributed by atoms with Crippen molar-refractivity contribution < 1.29 is 28.8 Å². The van der Waals surface area contributed by atoms with E-state index in [9.17, 15) is 29.3 Å². The average Bonchev–Trinajstić information content (AvgIpc) is 3.62. The minimum absolute atomic E-state index is 0.00181. The van der Waals surface area contributed by atoms with E-state index in [1.807, 2.05) is 0 Å². The number of hydrogen-bond donors (Lipinski definition) is 0. The number of imide groups is 1. The lowest BCUT2D eigenvalue weighted by Gasteiger charge is -2.31. The predicted molar refractivity (Wildman–Crippen MR) is 167 cm³/mol. The van der Waals surface area contributed by atoms with Crippen molar-refractivity contribution in [2.75, 3.05) is 6.54 Å². The van der Waals surface area contributed by atoms with E-state index in [0.717, 1.165) is 10.0 Å². The molecule has 0 aromatic heterocycles. The quantitative estimate of drug-likeness (QED) is 0.0820. The highest BCUT2D eigenvalue weighted by Crippen LogP contribution is 2.60. The van der Waals surface area contributed by atoms with E-state index in [1.54, 1.807) is 0 Å². The van der Waals surface area contributed by atoms with Gasteiger partial charge in [-0.15, -0.1) is 0 Å². The first-order valence-electron chi connectivity index (χ1n) is 13.4. The number of fused-ring (bicyclic) bond motifs is 5. The zero-order valence-electron chi connectivity index (χ0n) is 22.4. The van der Waals surface area contributed by atoms with Crippen molar-refractivity contribution >= 4 is 84.3 Å². The summed E-state index contributed by atoms with van der Waals surface area (Å²) in [7, 11) is 0. The number of carbonyl (C=O) groups excluding carboxylic acids is 4. The summed E-state index contributed by atoms with van der Waals surface area (Å²) in [4.78, 5) is 65.3. The Kier molecular flexibility index (Phi) is 8.29. The lowest BCUT2D eigenvalue weighted by atomic mass is 9.81. The summed E-state index contributed by atoms with van der Waals surface area (Å²) in [6, 6.07) is 15.7. The molecule has 2 aliphatic carbocycles. The van der Waals surface area contributed by atoms with Crippen LogP contribution in [0.4, 0.5) is 5.69 Å². The molecule has 0 unspecified atom stereocenters. The fraction of sp³-hybridized carbons (Fsp3) is 0.267. The Hall–Kier alpha value is -3.32.